The van der Waals surface area contributed by atoms with E-state index in [1.165, 1.54) is 7.11 Å². The number of esters is 1. The van der Waals surface area contributed by atoms with Crippen LogP contribution in [0.2, 0.25) is 0 Å². The second-order valence-electron chi connectivity index (χ2n) is 3.48. The predicted molar refractivity (Wildman–Crippen MR) is 66.6 cm³/mol. The first kappa shape index (κ1) is 13.0. The molecule has 0 saturated carbocycles. The number of carbonyl (C=O) groups is 1. The van der Waals surface area contributed by atoms with E-state index in [9.17, 15) is 4.79 Å². The molecule has 88 valence electrons. The second kappa shape index (κ2) is 5.84. The van der Waals surface area contributed by atoms with Gasteiger partial charge in [0.15, 0.2) is 0 Å². The Kier molecular flexibility index (Phi) is 4.73. The normalized spacial score (nSPS) is 10.0. The van der Waals surface area contributed by atoms with Crippen LogP contribution in [-0.4, -0.2) is 31.7 Å². The molecule has 0 aliphatic carbocycles. The van der Waals surface area contributed by atoms with Crippen LogP contribution in [0.25, 0.3) is 0 Å². The van der Waals surface area contributed by atoms with Crippen molar-refractivity contribution < 1.29 is 9.53 Å². The average Bonchev–Trinajstić information content (AvgIpc) is 2.29. The topological polar surface area (TPSA) is 42.4 Å². The Morgan fingerprint density at radius 2 is 2.25 bits per heavy atom. The third kappa shape index (κ3) is 3.48. The zero-order valence-electron chi connectivity index (χ0n) is 9.66. The van der Waals surface area contributed by atoms with Crippen LogP contribution in [0.5, 0.6) is 0 Å². The molecule has 0 aliphatic heterocycles. The highest BCUT2D eigenvalue weighted by Crippen LogP contribution is 2.18. The minimum absolute atomic E-state index is 0.208. The number of aromatic nitrogens is 1. The van der Waals surface area contributed by atoms with E-state index in [-0.39, 0.29) is 5.97 Å². The summed E-state index contributed by atoms with van der Waals surface area (Å²) in [7, 11) is 3.29. The second-order valence-corrected chi connectivity index (χ2v) is 4.34. The van der Waals surface area contributed by atoms with Gasteiger partial charge in [-0.2, -0.15) is 0 Å². The number of hydrogen-bond donors (Lipinski definition) is 0. The minimum atomic E-state index is -0.208. The largest absolute Gasteiger partial charge is 0.469 e. The summed E-state index contributed by atoms with van der Waals surface area (Å²) < 4.78 is 5.57. The maximum Gasteiger partial charge on any atom is 0.307 e. The number of carbonyl (C=O) groups excluding carboxylic acids is 1. The van der Waals surface area contributed by atoms with Crippen molar-refractivity contribution in [1.29, 1.82) is 0 Å². The molecule has 0 saturated heterocycles. The number of nitrogens with zero attached hydrogens (tertiary/aromatic N) is 2. The lowest BCUT2D eigenvalue weighted by molar-refractivity contribution is -0.140. The van der Waals surface area contributed by atoms with Crippen LogP contribution in [-0.2, 0) is 9.53 Å². The minimum Gasteiger partial charge on any atom is -0.469 e. The molecule has 0 fully saturated rings. The molecule has 16 heavy (non-hydrogen) atoms. The van der Waals surface area contributed by atoms with Gasteiger partial charge in [-0.15, -0.1) is 0 Å². The fourth-order valence-corrected chi connectivity index (χ4v) is 1.44. The number of methoxy groups -OCH3 is 1. The summed E-state index contributed by atoms with van der Waals surface area (Å²) >= 11 is 3.40. The molecule has 0 N–H and O–H groups in total. The highest BCUT2D eigenvalue weighted by atomic mass is 79.9. The van der Waals surface area contributed by atoms with Gasteiger partial charge in [-0.25, -0.2) is 4.98 Å². The monoisotopic (exact) mass is 286 g/mol. The van der Waals surface area contributed by atoms with E-state index < -0.39 is 0 Å². The molecule has 1 heterocycles. The summed E-state index contributed by atoms with van der Waals surface area (Å²) in [5.41, 5.74) is 0.933. The number of rotatable bonds is 4. The Morgan fingerprint density at radius 3 is 2.81 bits per heavy atom. The Bertz CT molecular complexity index is 382. The zero-order chi connectivity index (χ0) is 12.1. The number of aryl methyl sites for hydroxylation is 1. The lowest BCUT2D eigenvalue weighted by Gasteiger charge is -2.18. The van der Waals surface area contributed by atoms with Crippen LogP contribution in [0.4, 0.5) is 5.82 Å². The van der Waals surface area contributed by atoms with Crippen LogP contribution in [0.15, 0.2) is 16.6 Å². The van der Waals surface area contributed by atoms with Gasteiger partial charge in [-0.1, -0.05) is 0 Å². The van der Waals surface area contributed by atoms with Crippen molar-refractivity contribution in [3.8, 4) is 0 Å². The fraction of sp³-hybridized carbons (Fsp3) is 0.455. The summed E-state index contributed by atoms with van der Waals surface area (Å²) in [6.45, 7) is 2.53. The number of hydrogen-bond acceptors (Lipinski definition) is 4. The van der Waals surface area contributed by atoms with Crippen molar-refractivity contribution in [1.82, 2.24) is 4.98 Å². The molecule has 0 bridgehead atoms. The maximum atomic E-state index is 11.0. The summed E-state index contributed by atoms with van der Waals surface area (Å²) in [5, 5.41) is 0. The zero-order valence-corrected chi connectivity index (χ0v) is 11.2. The predicted octanol–water partition coefficient (Wildman–Crippen LogP) is 2.15. The SMILES string of the molecule is COC(=O)CCN(C)c1ccc(Br)c(C)n1. The number of pyridine rings is 1. The van der Waals surface area contributed by atoms with Crippen molar-refractivity contribution in [2.24, 2.45) is 0 Å². The molecule has 0 amide bonds. The molecular weight excluding hydrogens is 272 g/mol. The van der Waals surface area contributed by atoms with Gasteiger partial charge >= 0.3 is 5.97 Å². The molecule has 0 aliphatic rings. The van der Waals surface area contributed by atoms with Gasteiger partial charge in [0.05, 0.1) is 19.2 Å². The molecule has 0 radical (unpaired) electrons. The lowest BCUT2D eigenvalue weighted by Crippen LogP contribution is -2.22. The Morgan fingerprint density at radius 1 is 1.56 bits per heavy atom. The van der Waals surface area contributed by atoms with Gasteiger partial charge in [0, 0.05) is 18.1 Å². The Hall–Kier alpha value is -1.10. The molecule has 0 atom stereocenters. The Labute approximate surface area is 104 Å². The van der Waals surface area contributed by atoms with Crippen molar-refractivity contribution >= 4 is 27.7 Å². The first-order valence-electron chi connectivity index (χ1n) is 4.95. The first-order valence-corrected chi connectivity index (χ1v) is 5.75. The van der Waals surface area contributed by atoms with Crippen molar-refractivity contribution in [3.63, 3.8) is 0 Å². The quantitative estimate of drug-likeness (QED) is 0.796. The van der Waals surface area contributed by atoms with Crippen molar-refractivity contribution in [3.05, 3.63) is 22.3 Å². The van der Waals surface area contributed by atoms with E-state index >= 15 is 0 Å². The van der Waals surface area contributed by atoms with Crippen LogP contribution in [0, 0.1) is 6.92 Å². The van der Waals surface area contributed by atoms with E-state index in [0.717, 1.165) is 16.0 Å². The van der Waals surface area contributed by atoms with Gasteiger partial charge in [-0.3, -0.25) is 4.79 Å². The van der Waals surface area contributed by atoms with E-state index in [1.54, 1.807) is 0 Å². The third-order valence-corrected chi connectivity index (χ3v) is 3.11. The smallest absolute Gasteiger partial charge is 0.307 e. The highest BCUT2D eigenvalue weighted by molar-refractivity contribution is 9.10. The van der Waals surface area contributed by atoms with E-state index in [2.05, 4.69) is 25.7 Å². The van der Waals surface area contributed by atoms with Gasteiger partial charge < -0.3 is 9.64 Å². The third-order valence-electron chi connectivity index (χ3n) is 2.28. The highest BCUT2D eigenvalue weighted by Gasteiger charge is 2.07. The van der Waals surface area contributed by atoms with Crippen LogP contribution >= 0.6 is 15.9 Å². The van der Waals surface area contributed by atoms with E-state index in [1.807, 2.05) is 31.0 Å². The molecule has 4 nitrogen and oxygen atoms in total. The lowest BCUT2D eigenvalue weighted by atomic mass is 10.3. The summed E-state index contributed by atoms with van der Waals surface area (Å²) in [5.74, 6) is 0.644. The summed E-state index contributed by atoms with van der Waals surface area (Å²) in [4.78, 5) is 17.3. The Balaban J connectivity index is 2.62. The van der Waals surface area contributed by atoms with Crippen molar-refractivity contribution in [2.45, 2.75) is 13.3 Å². The molecule has 0 aromatic carbocycles. The molecular formula is C11H15BrN2O2. The summed E-state index contributed by atoms with van der Waals surface area (Å²) in [6.07, 6.45) is 0.365. The fourth-order valence-electron chi connectivity index (χ4n) is 1.22. The standard InChI is InChI=1S/C11H15BrN2O2/c1-8-9(12)4-5-10(13-8)14(2)7-6-11(15)16-3/h4-5H,6-7H2,1-3H3. The van der Waals surface area contributed by atoms with E-state index in [4.69, 9.17) is 0 Å². The average molecular weight is 287 g/mol. The summed E-state index contributed by atoms with van der Waals surface area (Å²) in [6, 6.07) is 3.86. The molecule has 5 heteroatoms. The number of ether oxygens (including phenoxy) is 1. The number of anilines is 1. The molecule has 1 aromatic rings. The molecule has 1 aromatic heterocycles. The van der Waals surface area contributed by atoms with Crippen LogP contribution in [0.1, 0.15) is 12.1 Å². The molecule has 0 spiro atoms. The van der Waals surface area contributed by atoms with Gasteiger partial charge in [-0.05, 0) is 35.0 Å². The van der Waals surface area contributed by atoms with Gasteiger partial charge in [0.2, 0.25) is 0 Å². The molecule has 0 unspecified atom stereocenters. The van der Waals surface area contributed by atoms with Crippen molar-refractivity contribution in [2.75, 3.05) is 25.6 Å². The van der Waals surface area contributed by atoms with Crippen LogP contribution < -0.4 is 4.90 Å². The first-order chi connectivity index (χ1) is 7.54. The number of halogens is 1. The van der Waals surface area contributed by atoms with Gasteiger partial charge in [0.1, 0.15) is 5.82 Å². The van der Waals surface area contributed by atoms with E-state index in [0.29, 0.717) is 13.0 Å². The van der Waals surface area contributed by atoms with Gasteiger partial charge in [0.25, 0.3) is 0 Å². The molecule has 1 rings (SSSR count). The maximum absolute atomic E-state index is 11.0. The van der Waals surface area contributed by atoms with Crippen LogP contribution in [0.3, 0.4) is 0 Å².